The largest absolute Gasteiger partial charge is 0.356 e. The van der Waals surface area contributed by atoms with E-state index < -0.39 is 0 Å². The van der Waals surface area contributed by atoms with Crippen LogP contribution in [0.15, 0.2) is 24.3 Å². The Balaban J connectivity index is 1.54. The predicted octanol–water partition coefficient (Wildman–Crippen LogP) is 4.31. The SMILES string of the molecule is CCCCCNC(=O)[C@H]1CCCN(c2nc(Cc3ccc(Cl)cc3)ns2)C1. The number of unbranched alkanes of at least 4 members (excludes halogenated alkanes) is 2. The molecule has 0 radical (unpaired) electrons. The molecule has 0 saturated carbocycles. The third kappa shape index (κ3) is 5.91. The summed E-state index contributed by atoms with van der Waals surface area (Å²) >= 11 is 7.36. The molecule has 1 aliphatic heterocycles. The summed E-state index contributed by atoms with van der Waals surface area (Å²) < 4.78 is 4.50. The van der Waals surface area contributed by atoms with Gasteiger partial charge in [0, 0.05) is 42.6 Å². The molecule has 1 fully saturated rings. The van der Waals surface area contributed by atoms with E-state index in [1.54, 1.807) is 0 Å². The fraction of sp³-hybridized carbons (Fsp3) is 0.550. The van der Waals surface area contributed by atoms with Gasteiger partial charge in [0.2, 0.25) is 11.0 Å². The van der Waals surface area contributed by atoms with Crippen molar-refractivity contribution in [1.82, 2.24) is 14.7 Å². The van der Waals surface area contributed by atoms with Gasteiger partial charge in [-0.1, -0.05) is 43.5 Å². The van der Waals surface area contributed by atoms with Crippen LogP contribution in [0.5, 0.6) is 0 Å². The predicted molar refractivity (Wildman–Crippen MR) is 112 cm³/mol. The summed E-state index contributed by atoms with van der Waals surface area (Å²) in [4.78, 5) is 19.3. The average molecular weight is 407 g/mol. The molecular formula is C20H27ClN4OS. The minimum atomic E-state index is 0.0454. The Morgan fingerprint density at radius 2 is 2.15 bits per heavy atom. The number of hydrogen-bond acceptors (Lipinski definition) is 5. The van der Waals surface area contributed by atoms with Gasteiger partial charge in [-0.15, -0.1) is 0 Å². The zero-order valence-electron chi connectivity index (χ0n) is 15.8. The molecule has 1 aromatic carbocycles. The topological polar surface area (TPSA) is 58.1 Å². The Labute approximate surface area is 170 Å². The number of nitrogens with zero attached hydrogens (tertiary/aromatic N) is 3. The van der Waals surface area contributed by atoms with Gasteiger partial charge in [0.25, 0.3) is 0 Å². The third-order valence-corrected chi connectivity index (χ3v) is 5.94. The molecule has 27 heavy (non-hydrogen) atoms. The number of piperidine rings is 1. The first-order valence-electron chi connectivity index (χ1n) is 9.75. The first kappa shape index (κ1) is 20.1. The monoisotopic (exact) mass is 406 g/mol. The van der Waals surface area contributed by atoms with Crippen molar-refractivity contribution in [1.29, 1.82) is 0 Å². The second-order valence-corrected chi connectivity index (χ2v) is 8.25. The van der Waals surface area contributed by atoms with Crippen LogP contribution in [0.1, 0.15) is 50.4 Å². The Hall–Kier alpha value is -1.66. The van der Waals surface area contributed by atoms with Crippen LogP contribution in [-0.2, 0) is 11.2 Å². The fourth-order valence-corrected chi connectivity index (χ4v) is 4.17. The molecule has 0 aliphatic carbocycles. The maximum Gasteiger partial charge on any atom is 0.224 e. The lowest BCUT2D eigenvalue weighted by atomic mass is 9.97. The van der Waals surface area contributed by atoms with Gasteiger partial charge in [-0.05, 0) is 37.0 Å². The Kier molecular flexibility index (Phi) is 7.47. The Bertz CT molecular complexity index is 734. The second kappa shape index (κ2) is 10.0. The van der Waals surface area contributed by atoms with E-state index in [0.717, 1.165) is 66.9 Å². The summed E-state index contributed by atoms with van der Waals surface area (Å²) in [6.07, 6.45) is 6.05. The number of aromatic nitrogens is 2. The van der Waals surface area contributed by atoms with E-state index >= 15 is 0 Å². The minimum Gasteiger partial charge on any atom is -0.356 e. The molecule has 0 unspecified atom stereocenters. The molecule has 146 valence electrons. The van der Waals surface area contributed by atoms with Crippen LogP contribution in [0.3, 0.4) is 0 Å². The van der Waals surface area contributed by atoms with Crippen molar-refractivity contribution in [2.45, 2.75) is 45.4 Å². The van der Waals surface area contributed by atoms with Crippen molar-refractivity contribution in [3.63, 3.8) is 0 Å². The van der Waals surface area contributed by atoms with E-state index in [0.29, 0.717) is 6.42 Å². The van der Waals surface area contributed by atoms with Gasteiger partial charge >= 0.3 is 0 Å². The molecule has 0 spiro atoms. The van der Waals surface area contributed by atoms with Gasteiger partial charge in [0.1, 0.15) is 5.82 Å². The highest BCUT2D eigenvalue weighted by Crippen LogP contribution is 2.25. The van der Waals surface area contributed by atoms with Gasteiger partial charge in [-0.25, -0.2) is 4.98 Å². The number of anilines is 1. The number of benzene rings is 1. The van der Waals surface area contributed by atoms with Crippen LogP contribution < -0.4 is 10.2 Å². The summed E-state index contributed by atoms with van der Waals surface area (Å²) in [5.41, 5.74) is 1.15. The van der Waals surface area contributed by atoms with Crippen molar-refractivity contribution in [3.05, 3.63) is 40.7 Å². The van der Waals surface area contributed by atoms with Crippen molar-refractivity contribution in [2.24, 2.45) is 5.92 Å². The van der Waals surface area contributed by atoms with Crippen LogP contribution in [0.25, 0.3) is 0 Å². The van der Waals surface area contributed by atoms with Crippen LogP contribution in [-0.4, -0.2) is 34.9 Å². The highest BCUT2D eigenvalue weighted by atomic mass is 35.5. The molecule has 7 heteroatoms. The van der Waals surface area contributed by atoms with E-state index in [-0.39, 0.29) is 11.8 Å². The second-order valence-electron chi connectivity index (χ2n) is 7.08. The number of carbonyl (C=O) groups excluding carboxylic acids is 1. The van der Waals surface area contributed by atoms with Gasteiger partial charge in [0.15, 0.2) is 0 Å². The first-order valence-corrected chi connectivity index (χ1v) is 10.9. The van der Waals surface area contributed by atoms with E-state index in [2.05, 4.69) is 21.5 Å². The summed E-state index contributed by atoms with van der Waals surface area (Å²) in [7, 11) is 0. The standard InChI is InChI=1S/C20H27ClN4OS/c1-2-3-4-11-22-19(26)16-6-5-12-25(14-16)20-23-18(24-27-20)13-15-7-9-17(21)10-8-15/h7-10,16H,2-6,11-14H2,1H3,(H,22,26)/t16-/m0/s1. The summed E-state index contributed by atoms with van der Waals surface area (Å²) in [5, 5.41) is 4.75. The zero-order chi connectivity index (χ0) is 19.1. The van der Waals surface area contributed by atoms with Crippen molar-refractivity contribution in [2.75, 3.05) is 24.5 Å². The molecule has 1 saturated heterocycles. The van der Waals surface area contributed by atoms with E-state index in [9.17, 15) is 4.79 Å². The number of hydrogen-bond donors (Lipinski definition) is 1. The molecule has 1 atom stereocenters. The molecule has 2 aromatic rings. The smallest absolute Gasteiger partial charge is 0.224 e. The first-order chi connectivity index (χ1) is 13.2. The highest BCUT2D eigenvalue weighted by Gasteiger charge is 2.27. The molecule has 1 N–H and O–H groups in total. The van der Waals surface area contributed by atoms with E-state index in [1.807, 2.05) is 24.3 Å². The van der Waals surface area contributed by atoms with Crippen LogP contribution in [0.2, 0.25) is 5.02 Å². The van der Waals surface area contributed by atoms with Gasteiger partial charge in [0.05, 0.1) is 5.92 Å². The van der Waals surface area contributed by atoms with Crippen LogP contribution in [0, 0.1) is 5.92 Å². The zero-order valence-corrected chi connectivity index (χ0v) is 17.4. The lowest BCUT2D eigenvalue weighted by molar-refractivity contribution is -0.125. The molecule has 2 heterocycles. The Morgan fingerprint density at radius 1 is 1.33 bits per heavy atom. The Morgan fingerprint density at radius 3 is 2.93 bits per heavy atom. The molecule has 1 amide bonds. The lowest BCUT2D eigenvalue weighted by Gasteiger charge is -2.31. The maximum atomic E-state index is 12.4. The molecule has 1 aromatic heterocycles. The number of nitrogens with one attached hydrogen (secondary N) is 1. The maximum absolute atomic E-state index is 12.4. The van der Waals surface area contributed by atoms with E-state index in [1.165, 1.54) is 18.0 Å². The number of rotatable bonds is 8. The summed E-state index contributed by atoms with van der Waals surface area (Å²) in [5.74, 6) is 1.05. The van der Waals surface area contributed by atoms with Crippen LogP contribution >= 0.6 is 23.1 Å². The van der Waals surface area contributed by atoms with Crippen molar-refractivity contribution >= 4 is 34.2 Å². The van der Waals surface area contributed by atoms with Gasteiger partial charge in [-0.3, -0.25) is 4.79 Å². The fourth-order valence-electron chi connectivity index (χ4n) is 3.33. The third-order valence-electron chi connectivity index (χ3n) is 4.88. The van der Waals surface area contributed by atoms with Crippen LogP contribution in [0.4, 0.5) is 5.13 Å². The molecule has 5 nitrogen and oxygen atoms in total. The average Bonchev–Trinajstić information content (AvgIpc) is 3.15. The lowest BCUT2D eigenvalue weighted by Crippen LogP contribution is -2.43. The number of amides is 1. The molecule has 1 aliphatic rings. The highest BCUT2D eigenvalue weighted by molar-refractivity contribution is 7.09. The van der Waals surface area contributed by atoms with Gasteiger partial charge in [-0.2, -0.15) is 4.37 Å². The molecule has 0 bridgehead atoms. The molecular weight excluding hydrogens is 380 g/mol. The number of halogens is 1. The normalized spacial score (nSPS) is 17.1. The minimum absolute atomic E-state index is 0.0454. The number of carbonyl (C=O) groups is 1. The molecule has 3 rings (SSSR count). The van der Waals surface area contributed by atoms with Crippen molar-refractivity contribution in [3.8, 4) is 0 Å². The summed E-state index contributed by atoms with van der Waals surface area (Å²) in [6.45, 7) is 4.63. The quantitative estimate of drug-likeness (QED) is 0.664. The van der Waals surface area contributed by atoms with Crippen molar-refractivity contribution < 1.29 is 4.79 Å². The summed E-state index contributed by atoms with van der Waals surface area (Å²) in [6, 6.07) is 7.78. The van der Waals surface area contributed by atoms with E-state index in [4.69, 9.17) is 16.6 Å². The van der Waals surface area contributed by atoms with Gasteiger partial charge < -0.3 is 10.2 Å².